The second kappa shape index (κ2) is 6.54. The van der Waals surface area contributed by atoms with Gasteiger partial charge in [-0.25, -0.2) is 14.4 Å². The van der Waals surface area contributed by atoms with Crippen LogP contribution in [0.2, 0.25) is 0 Å². The van der Waals surface area contributed by atoms with Gasteiger partial charge in [-0.1, -0.05) is 18.2 Å². The van der Waals surface area contributed by atoms with Crippen molar-refractivity contribution in [3.05, 3.63) is 72.3 Å². The Kier molecular flexibility index (Phi) is 4.11. The lowest BCUT2D eigenvalue weighted by atomic mass is 10.2. The van der Waals surface area contributed by atoms with E-state index in [4.69, 9.17) is 5.26 Å². The minimum atomic E-state index is -0.328. The van der Waals surface area contributed by atoms with Gasteiger partial charge in [-0.15, -0.1) is 0 Å². The number of benzene rings is 2. The minimum absolute atomic E-state index is 0.328. The van der Waals surface area contributed by atoms with Gasteiger partial charge in [0.2, 0.25) is 0 Å². The van der Waals surface area contributed by atoms with Crippen molar-refractivity contribution in [2.24, 2.45) is 0 Å². The van der Waals surface area contributed by atoms with E-state index in [1.54, 1.807) is 36.4 Å². The number of nitriles is 1. The topological polar surface area (TPSA) is 73.6 Å². The Hall–Kier alpha value is -3.46. The van der Waals surface area contributed by atoms with Crippen LogP contribution in [0.15, 0.2) is 60.9 Å². The number of hydrogen-bond acceptors (Lipinski definition) is 5. The van der Waals surface area contributed by atoms with Gasteiger partial charge in [0.25, 0.3) is 0 Å². The maximum Gasteiger partial charge on any atom is 0.135 e. The molecule has 2 aromatic carbocycles. The Morgan fingerprint density at radius 1 is 0.913 bits per heavy atom. The molecule has 0 atom stereocenters. The number of hydrogen-bond donors (Lipinski definition) is 2. The quantitative estimate of drug-likeness (QED) is 0.763. The van der Waals surface area contributed by atoms with Crippen LogP contribution in [0.25, 0.3) is 0 Å². The van der Waals surface area contributed by atoms with Gasteiger partial charge >= 0.3 is 0 Å². The van der Waals surface area contributed by atoms with E-state index in [0.29, 0.717) is 28.6 Å². The minimum Gasteiger partial charge on any atom is -0.340 e. The van der Waals surface area contributed by atoms with Gasteiger partial charge in [0.1, 0.15) is 29.8 Å². The molecule has 0 saturated carbocycles. The van der Waals surface area contributed by atoms with E-state index in [2.05, 4.69) is 26.7 Å². The molecule has 0 bridgehead atoms. The predicted molar refractivity (Wildman–Crippen MR) is 86.2 cm³/mol. The van der Waals surface area contributed by atoms with E-state index < -0.39 is 0 Å². The van der Waals surface area contributed by atoms with Crippen molar-refractivity contribution < 1.29 is 4.39 Å². The third-order valence-electron chi connectivity index (χ3n) is 3.07. The third-order valence-corrected chi connectivity index (χ3v) is 3.07. The average Bonchev–Trinajstić information content (AvgIpc) is 2.56. The van der Waals surface area contributed by atoms with Crippen LogP contribution >= 0.6 is 0 Å². The fourth-order valence-electron chi connectivity index (χ4n) is 2.04. The first kappa shape index (κ1) is 14.5. The zero-order valence-corrected chi connectivity index (χ0v) is 12.0. The number of nitrogens with one attached hydrogen (secondary N) is 2. The van der Waals surface area contributed by atoms with E-state index in [0.717, 1.165) is 0 Å². The van der Waals surface area contributed by atoms with Crippen LogP contribution in [0.3, 0.4) is 0 Å². The number of para-hydroxylation sites is 1. The van der Waals surface area contributed by atoms with Crippen LogP contribution < -0.4 is 10.6 Å². The molecule has 2 N–H and O–H groups in total. The highest BCUT2D eigenvalue weighted by Gasteiger charge is 2.04. The first-order valence-corrected chi connectivity index (χ1v) is 6.85. The highest BCUT2D eigenvalue weighted by Crippen LogP contribution is 2.21. The SMILES string of the molecule is N#Cc1ccccc1Nc1cc(Nc2cccc(F)c2)ncn1. The van der Waals surface area contributed by atoms with Crippen molar-refractivity contribution in [2.75, 3.05) is 10.6 Å². The molecular formula is C17H12FN5. The lowest BCUT2D eigenvalue weighted by Crippen LogP contribution is -1.99. The van der Waals surface area contributed by atoms with E-state index in [9.17, 15) is 4.39 Å². The Morgan fingerprint density at radius 3 is 2.48 bits per heavy atom. The van der Waals surface area contributed by atoms with Gasteiger partial charge in [0.15, 0.2) is 0 Å². The summed E-state index contributed by atoms with van der Waals surface area (Å²) in [5.74, 6) is 0.717. The number of anilines is 4. The molecule has 112 valence electrons. The van der Waals surface area contributed by atoms with Crippen LogP contribution in [-0.2, 0) is 0 Å². The summed E-state index contributed by atoms with van der Waals surface area (Å²) in [6.07, 6.45) is 1.39. The number of halogens is 1. The molecular weight excluding hydrogens is 293 g/mol. The molecule has 0 unspecified atom stereocenters. The molecule has 1 heterocycles. The Bertz CT molecular complexity index is 873. The van der Waals surface area contributed by atoms with Crippen LogP contribution in [0.5, 0.6) is 0 Å². The third kappa shape index (κ3) is 3.60. The molecule has 5 nitrogen and oxygen atoms in total. The summed E-state index contributed by atoms with van der Waals surface area (Å²) in [4.78, 5) is 8.22. The van der Waals surface area contributed by atoms with Crippen molar-refractivity contribution in [2.45, 2.75) is 0 Å². The van der Waals surface area contributed by atoms with Crippen LogP contribution in [0, 0.1) is 17.1 Å². The summed E-state index contributed by atoms with van der Waals surface area (Å²) in [7, 11) is 0. The molecule has 0 spiro atoms. The van der Waals surface area contributed by atoms with E-state index >= 15 is 0 Å². The van der Waals surface area contributed by atoms with E-state index in [-0.39, 0.29) is 5.82 Å². The summed E-state index contributed by atoms with van der Waals surface area (Å²) in [6.45, 7) is 0. The Balaban J connectivity index is 1.81. The summed E-state index contributed by atoms with van der Waals surface area (Å²) in [5.41, 5.74) is 1.77. The molecule has 0 aliphatic carbocycles. The second-order valence-corrected chi connectivity index (χ2v) is 4.71. The summed E-state index contributed by atoms with van der Waals surface area (Å²) in [5, 5.41) is 15.2. The molecule has 0 fully saturated rings. The van der Waals surface area contributed by atoms with Gasteiger partial charge in [-0.2, -0.15) is 5.26 Å². The molecule has 1 aromatic heterocycles. The standard InChI is InChI=1S/C17H12FN5/c18-13-5-3-6-14(8-13)22-16-9-17(21-11-20-16)23-15-7-2-1-4-12(15)10-19/h1-9,11H,(H2,20,21,22,23). The van der Waals surface area contributed by atoms with Gasteiger partial charge in [-0.05, 0) is 30.3 Å². The molecule has 0 radical (unpaired) electrons. The predicted octanol–water partition coefficient (Wildman–Crippen LogP) is 3.97. The van der Waals surface area contributed by atoms with Crippen LogP contribution in [0.1, 0.15) is 5.56 Å². The molecule has 0 amide bonds. The highest BCUT2D eigenvalue weighted by atomic mass is 19.1. The normalized spacial score (nSPS) is 9.91. The van der Waals surface area contributed by atoms with Gasteiger partial charge in [0, 0.05) is 11.8 Å². The van der Waals surface area contributed by atoms with E-state index in [1.807, 2.05) is 6.07 Å². The van der Waals surface area contributed by atoms with Crippen molar-refractivity contribution in [3.8, 4) is 6.07 Å². The number of aromatic nitrogens is 2. The van der Waals surface area contributed by atoms with Gasteiger partial charge in [-0.3, -0.25) is 0 Å². The molecule has 6 heteroatoms. The van der Waals surface area contributed by atoms with Crippen molar-refractivity contribution in [3.63, 3.8) is 0 Å². The maximum atomic E-state index is 13.2. The lowest BCUT2D eigenvalue weighted by molar-refractivity contribution is 0.628. The monoisotopic (exact) mass is 305 g/mol. The smallest absolute Gasteiger partial charge is 0.135 e. The first-order chi connectivity index (χ1) is 11.2. The zero-order chi connectivity index (χ0) is 16.1. The second-order valence-electron chi connectivity index (χ2n) is 4.71. The fourth-order valence-corrected chi connectivity index (χ4v) is 2.04. The molecule has 0 aliphatic rings. The highest BCUT2D eigenvalue weighted by molar-refractivity contribution is 5.67. The molecule has 3 rings (SSSR count). The van der Waals surface area contributed by atoms with Crippen LogP contribution in [-0.4, -0.2) is 9.97 Å². The molecule has 3 aromatic rings. The van der Waals surface area contributed by atoms with E-state index in [1.165, 1.54) is 18.5 Å². The zero-order valence-electron chi connectivity index (χ0n) is 12.0. The Labute approximate surface area is 132 Å². The molecule has 0 aliphatic heterocycles. The summed E-state index contributed by atoms with van der Waals surface area (Å²) < 4.78 is 13.2. The van der Waals surface area contributed by atoms with Gasteiger partial charge in [0.05, 0.1) is 11.3 Å². The Morgan fingerprint density at radius 2 is 1.70 bits per heavy atom. The van der Waals surface area contributed by atoms with Crippen molar-refractivity contribution in [1.82, 2.24) is 9.97 Å². The number of nitrogens with zero attached hydrogens (tertiary/aromatic N) is 3. The lowest BCUT2D eigenvalue weighted by Gasteiger charge is -2.09. The number of rotatable bonds is 4. The average molecular weight is 305 g/mol. The summed E-state index contributed by atoms with van der Waals surface area (Å²) in [6, 6.07) is 17.0. The van der Waals surface area contributed by atoms with Crippen LogP contribution in [0.4, 0.5) is 27.4 Å². The molecule has 23 heavy (non-hydrogen) atoms. The van der Waals surface area contributed by atoms with Gasteiger partial charge < -0.3 is 10.6 Å². The molecule has 0 saturated heterocycles. The summed E-state index contributed by atoms with van der Waals surface area (Å²) >= 11 is 0. The largest absolute Gasteiger partial charge is 0.340 e. The fraction of sp³-hybridized carbons (Fsp3) is 0. The first-order valence-electron chi connectivity index (χ1n) is 6.85. The maximum absolute atomic E-state index is 13.2. The van der Waals surface area contributed by atoms with Crippen molar-refractivity contribution >= 4 is 23.0 Å². The van der Waals surface area contributed by atoms with Crippen molar-refractivity contribution in [1.29, 1.82) is 5.26 Å².